The van der Waals surface area contributed by atoms with Crippen molar-refractivity contribution < 1.29 is 9.53 Å². The molecular weight excluding hydrogens is 378 g/mol. The topological polar surface area (TPSA) is 104 Å². The zero-order valence-electron chi connectivity index (χ0n) is 16.2. The summed E-state index contributed by atoms with van der Waals surface area (Å²) in [5.41, 5.74) is 2.04. The van der Waals surface area contributed by atoms with Crippen LogP contribution in [-0.2, 0) is 4.74 Å². The van der Waals surface area contributed by atoms with Gasteiger partial charge in [-0.25, -0.2) is 4.68 Å². The lowest BCUT2D eigenvalue weighted by Crippen LogP contribution is -2.19. The third-order valence-electron chi connectivity index (χ3n) is 5.02. The van der Waals surface area contributed by atoms with Gasteiger partial charge >= 0.3 is 0 Å². The largest absolute Gasteiger partial charge is 0.360 e. The number of rotatable bonds is 5. The Balaban J connectivity index is 1.66. The average Bonchev–Trinajstić information content (AvgIpc) is 3.18. The van der Waals surface area contributed by atoms with Crippen molar-refractivity contribution >= 4 is 22.4 Å². The van der Waals surface area contributed by atoms with Crippen LogP contribution in [0.2, 0.25) is 0 Å². The maximum absolute atomic E-state index is 12.9. The molecule has 1 unspecified atom stereocenters. The summed E-state index contributed by atoms with van der Waals surface area (Å²) < 4.78 is 7.52. The van der Waals surface area contributed by atoms with Crippen LogP contribution >= 0.6 is 0 Å². The molecule has 7 nitrogen and oxygen atoms in total. The van der Waals surface area contributed by atoms with Gasteiger partial charge in [-0.3, -0.25) is 4.79 Å². The Morgan fingerprint density at radius 2 is 2.03 bits per heavy atom. The lowest BCUT2D eigenvalue weighted by Gasteiger charge is -2.23. The van der Waals surface area contributed by atoms with E-state index in [1.807, 2.05) is 36.4 Å². The molecule has 7 heteroatoms. The van der Waals surface area contributed by atoms with Crippen molar-refractivity contribution in [1.29, 1.82) is 10.5 Å². The Bertz CT molecular complexity index is 1190. The number of aromatic nitrogens is 2. The van der Waals surface area contributed by atoms with Crippen molar-refractivity contribution in [1.82, 2.24) is 9.78 Å². The minimum Gasteiger partial charge on any atom is -0.360 e. The highest BCUT2D eigenvalue weighted by Crippen LogP contribution is 2.29. The standard InChI is InChI=1S/C23H19N5O2/c24-13-17(15-26-18-6-2-1-3-7-18)23(29)16-9-10-21-19(12-16)20(14-25)27-28(21)22-8-4-5-11-30-22/h1-3,6-7,9-10,12,15,22,26H,4-5,8,11H2/b17-15+. The van der Waals surface area contributed by atoms with Gasteiger partial charge < -0.3 is 10.1 Å². The van der Waals surface area contributed by atoms with Crippen LogP contribution in [0.1, 0.15) is 41.5 Å². The number of hydrogen-bond donors (Lipinski definition) is 1. The van der Waals surface area contributed by atoms with E-state index in [1.165, 1.54) is 6.20 Å². The van der Waals surface area contributed by atoms with E-state index >= 15 is 0 Å². The van der Waals surface area contributed by atoms with Crippen LogP contribution in [0.4, 0.5) is 5.69 Å². The van der Waals surface area contributed by atoms with E-state index in [2.05, 4.69) is 16.5 Å². The van der Waals surface area contributed by atoms with Crippen LogP contribution in [0, 0.1) is 22.7 Å². The lowest BCUT2D eigenvalue weighted by atomic mass is 10.0. The van der Waals surface area contributed by atoms with E-state index in [1.54, 1.807) is 22.9 Å². The second-order valence-electron chi connectivity index (χ2n) is 6.97. The maximum Gasteiger partial charge on any atom is 0.205 e. The third kappa shape index (κ3) is 3.80. The van der Waals surface area contributed by atoms with Crippen LogP contribution in [0.25, 0.3) is 10.9 Å². The molecule has 2 aromatic carbocycles. The number of allylic oxidation sites excluding steroid dienone is 1. The molecule has 1 aliphatic rings. The summed E-state index contributed by atoms with van der Waals surface area (Å²) in [7, 11) is 0. The summed E-state index contributed by atoms with van der Waals surface area (Å²) in [6.45, 7) is 0.662. The van der Waals surface area contributed by atoms with Gasteiger partial charge in [0.25, 0.3) is 0 Å². The first-order valence-corrected chi connectivity index (χ1v) is 9.72. The van der Waals surface area contributed by atoms with Crippen molar-refractivity contribution in [2.75, 3.05) is 11.9 Å². The minimum absolute atomic E-state index is 0.0280. The molecular formula is C23H19N5O2. The zero-order valence-corrected chi connectivity index (χ0v) is 16.2. The van der Waals surface area contributed by atoms with Crippen molar-refractivity contribution in [3.05, 3.63) is 71.6 Å². The third-order valence-corrected chi connectivity index (χ3v) is 5.02. The number of hydrogen-bond acceptors (Lipinski definition) is 6. The molecule has 0 radical (unpaired) electrons. The van der Waals surface area contributed by atoms with Gasteiger partial charge in [0, 0.05) is 29.4 Å². The zero-order chi connectivity index (χ0) is 20.9. The maximum atomic E-state index is 12.9. The van der Waals surface area contributed by atoms with E-state index in [-0.39, 0.29) is 17.5 Å². The summed E-state index contributed by atoms with van der Waals surface area (Å²) in [6.07, 6.45) is 4.06. The first-order chi connectivity index (χ1) is 14.7. The highest BCUT2D eigenvalue weighted by Gasteiger charge is 2.22. The molecule has 0 bridgehead atoms. The lowest BCUT2D eigenvalue weighted by molar-refractivity contribution is -0.0367. The van der Waals surface area contributed by atoms with Gasteiger partial charge in [0.1, 0.15) is 17.7 Å². The predicted octanol–water partition coefficient (Wildman–Crippen LogP) is 4.31. The Morgan fingerprint density at radius 3 is 2.73 bits per heavy atom. The fourth-order valence-electron chi connectivity index (χ4n) is 3.49. The first kappa shape index (κ1) is 19.4. The van der Waals surface area contributed by atoms with Gasteiger partial charge in [-0.2, -0.15) is 15.6 Å². The Labute approximate surface area is 173 Å². The summed E-state index contributed by atoms with van der Waals surface area (Å²) in [6, 6.07) is 18.3. The number of anilines is 1. The summed E-state index contributed by atoms with van der Waals surface area (Å²) in [5, 5.41) is 26.9. The van der Waals surface area contributed by atoms with Crippen molar-refractivity contribution in [3.8, 4) is 12.1 Å². The van der Waals surface area contributed by atoms with E-state index in [0.717, 1.165) is 30.5 Å². The van der Waals surface area contributed by atoms with Gasteiger partial charge in [-0.1, -0.05) is 18.2 Å². The van der Waals surface area contributed by atoms with Crippen LogP contribution in [0.3, 0.4) is 0 Å². The average molecular weight is 397 g/mol. The SMILES string of the molecule is N#C/C(=C\Nc1ccccc1)C(=O)c1ccc2c(c1)c(C#N)nn2C1CCCCO1. The van der Waals surface area contributed by atoms with Gasteiger partial charge in [0.2, 0.25) is 5.78 Å². The fourth-order valence-corrected chi connectivity index (χ4v) is 3.49. The monoisotopic (exact) mass is 397 g/mol. The minimum atomic E-state index is -0.423. The second kappa shape index (κ2) is 8.60. The molecule has 30 heavy (non-hydrogen) atoms. The molecule has 3 aromatic rings. The molecule has 1 N–H and O–H groups in total. The molecule has 1 fully saturated rings. The number of ketones is 1. The fraction of sp³-hybridized carbons (Fsp3) is 0.217. The van der Waals surface area contributed by atoms with E-state index < -0.39 is 5.78 Å². The second-order valence-corrected chi connectivity index (χ2v) is 6.97. The number of nitrogens with one attached hydrogen (secondary N) is 1. The van der Waals surface area contributed by atoms with E-state index in [0.29, 0.717) is 17.6 Å². The molecule has 1 aromatic heterocycles. The summed E-state index contributed by atoms with van der Waals surface area (Å²) in [5.74, 6) is -0.423. The van der Waals surface area contributed by atoms with Crippen LogP contribution in [-0.4, -0.2) is 22.2 Å². The van der Waals surface area contributed by atoms with E-state index in [4.69, 9.17) is 4.74 Å². The van der Waals surface area contributed by atoms with Gasteiger partial charge in [-0.05, 0) is 49.6 Å². The number of carbonyl (C=O) groups excluding carboxylic acids is 1. The number of carbonyl (C=O) groups is 1. The molecule has 0 aliphatic carbocycles. The van der Waals surface area contributed by atoms with Crippen LogP contribution < -0.4 is 5.32 Å². The van der Waals surface area contributed by atoms with Gasteiger partial charge in [0.05, 0.1) is 5.52 Å². The van der Waals surface area contributed by atoms with E-state index in [9.17, 15) is 15.3 Å². The summed E-state index contributed by atoms with van der Waals surface area (Å²) in [4.78, 5) is 12.9. The number of benzene rings is 2. The molecule has 148 valence electrons. The van der Waals surface area contributed by atoms with Crippen LogP contribution in [0.5, 0.6) is 0 Å². The molecule has 0 saturated carbocycles. The Hall–Kier alpha value is -3.94. The highest BCUT2D eigenvalue weighted by molar-refractivity contribution is 6.13. The molecule has 0 amide bonds. The van der Waals surface area contributed by atoms with Gasteiger partial charge in [0.15, 0.2) is 11.9 Å². The van der Waals surface area contributed by atoms with Crippen molar-refractivity contribution in [3.63, 3.8) is 0 Å². The van der Waals surface area contributed by atoms with Gasteiger partial charge in [-0.15, -0.1) is 0 Å². The predicted molar refractivity (Wildman–Crippen MR) is 111 cm³/mol. The number of nitriles is 2. The Morgan fingerprint density at radius 1 is 1.20 bits per heavy atom. The molecule has 1 aliphatic heterocycles. The molecule has 2 heterocycles. The molecule has 1 atom stereocenters. The van der Waals surface area contributed by atoms with Crippen LogP contribution in [0.15, 0.2) is 60.3 Å². The molecule has 0 spiro atoms. The number of Topliss-reactive ketones (excluding diaryl/α,β-unsaturated/α-hetero) is 1. The highest BCUT2D eigenvalue weighted by atomic mass is 16.5. The first-order valence-electron chi connectivity index (χ1n) is 9.72. The van der Waals surface area contributed by atoms with Crippen molar-refractivity contribution in [2.45, 2.75) is 25.5 Å². The smallest absolute Gasteiger partial charge is 0.205 e. The molecule has 1 saturated heterocycles. The Kier molecular flexibility index (Phi) is 5.56. The number of para-hydroxylation sites is 1. The number of nitrogens with zero attached hydrogens (tertiary/aromatic N) is 4. The quantitative estimate of drug-likeness (QED) is 0.391. The number of ether oxygens (including phenoxy) is 1. The number of fused-ring (bicyclic) bond motifs is 1. The summed E-state index contributed by atoms with van der Waals surface area (Å²) >= 11 is 0. The normalized spacial score (nSPS) is 16.6. The molecule has 4 rings (SSSR count). The van der Waals surface area contributed by atoms with Crippen molar-refractivity contribution in [2.24, 2.45) is 0 Å².